The molecule has 0 aliphatic carbocycles. The maximum Gasteiger partial charge on any atom is 0.238 e. The molecule has 2 saturated heterocycles. The van der Waals surface area contributed by atoms with Gasteiger partial charge in [0.2, 0.25) is 5.79 Å². The largest absolute Gasteiger partial charge is 0.394 e. The van der Waals surface area contributed by atoms with Crippen molar-refractivity contribution in [2.75, 3.05) is 19.8 Å². The van der Waals surface area contributed by atoms with E-state index < -0.39 is 74.6 Å². The van der Waals surface area contributed by atoms with E-state index in [9.17, 15) is 30.4 Å². The molecule has 0 bridgehead atoms. The molecule has 2 aliphatic rings. The average molecular weight is 371 g/mol. The molecule has 25 heavy (non-hydrogen) atoms. The van der Waals surface area contributed by atoms with Crippen molar-refractivity contribution in [3.63, 3.8) is 0 Å². The Morgan fingerprint density at radius 2 is 1.56 bits per heavy atom. The van der Waals surface area contributed by atoms with Gasteiger partial charge in [-0.3, -0.25) is 0 Å². The first-order valence-electron chi connectivity index (χ1n) is 7.39. The van der Waals surface area contributed by atoms with Gasteiger partial charge in [0.05, 0.1) is 13.2 Å². The zero-order chi connectivity index (χ0) is 18.8. The maximum atomic E-state index is 10.2. The van der Waals surface area contributed by atoms with Crippen LogP contribution in [0.4, 0.5) is 0 Å². The van der Waals surface area contributed by atoms with Crippen molar-refractivity contribution < 1.29 is 54.8 Å². The van der Waals surface area contributed by atoms with Gasteiger partial charge in [-0.25, -0.2) is 0 Å². The van der Waals surface area contributed by atoms with E-state index in [-0.39, 0.29) is 0 Å². The molecule has 146 valence electrons. The molecule has 0 saturated carbocycles. The molecule has 0 radical (unpaired) electrons. The summed E-state index contributed by atoms with van der Waals surface area (Å²) < 4.78 is 15.6. The van der Waals surface area contributed by atoms with Crippen molar-refractivity contribution in [1.82, 2.24) is 0 Å². The topological polar surface area (TPSA) is 208 Å². The molecule has 0 aromatic rings. The van der Waals surface area contributed by atoms with Gasteiger partial charge in [-0.1, -0.05) is 0 Å². The van der Waals surface area contributed by atoms with Crippen molar-refractivity contribution in [2.24, 2.45) is 5.34 Å². The van der Waals surface area contributed by atoms with Gasteiger partial charge in [0.15, 0.2) is 18.2 Å². The van der Waals surface area contributed by atoms with E-state index >= 15 is 0 Å². The molecule has 0 spiro atoms. The summed E-state index contributed by atoms with van der Waals surface area (Å²) in [5.41, 5.74) is 0. The van der Waals surface area contributed by atoms with Gasteiger partial charge in [-0.05, 0) is 0 Å². The summed E-state index contributed by atoms with van der Waals surface area (Å²) in [6.45, 7) is -2.29. The lowest BCUT2D eigenvalue weighted by atomic mass is 9.99. The summed E-state index contributed by atoms with van der Waals surface area (Å²) >= 11 is 0. The van der Waals surface area contributed by atoms with Gasteiger partial charge >= 0.3 is 0 Å². The third-order valence-electron chi connectivity index (χ3n) is 4.17. The van der Waals surface area contributed by atoms with E-state index in [0.29, 0.717) is 0 Å². The average Bonchev–Trinajstić information content (AvgIpc) is 2.85. The van der Waals surface area contributed by atoms with Crippen LogP contribution < -0.4 is 0 Å². The highest BCUT2D eigenvalue weighted by Gasteiger charge is 2.59. The first kappa shape index (κ1) is 20.3. The molecule has 0 aromatic heterocycles. The second kappa shape index (κ2) is 8.13. The predicted octanol–water partition coefficient (Wildman–Crippen LogP) is -4.69. The fraction of sp³-hybridized carbons (Fsp3) is 1.00. The number of rotatable bonds is 7. The van der Waals surface area contributed by atoms with Crippen molar-refractivity contribution >= 4 is 0 Å². The monoisotopic (exact) mass is 371 g/mol. The first-order chi connectivity index (χ1) is 11.8. The highest BCUT2D eigenvalue weighted by molar-refractivity contribution is 4.98. The molecule has 9 atom stereocenters. The Morgan fingerprint density at radius 3 is 2.08 bits per heavy atom. The third kappa shape index (κ3) is 3.75. The molecule has 7 N–H and O–H groups in total. The Morgan fingerprint density at radius 1 is 0.920 bits per heavy atom. The maximum absolute atomic E-state index is 10.2. The van der Waals surface area contributed by atoms with Crippen LogP contribution in [-0.4, -0.2) is 110 Å². The molecule has 0 unspecified atom stereocenters. The van der Waals surface area contributed by atoms with Crippen LogP contribution in [-0.2, 0) is 19.0 Å². The van der Waals surface area contributed by atoms with Crippen LogP contribution in [0.1, 0.15) is 0 Å². The van der Waals surface area contributed by atoms with Crippen molar-refractivity contribution in [1.29, 1.82) is 0 Å². The zero-order valence-corrected chi connectivity index (χ0v) is 12.9. The Bertz CT molecular complexity index is 452. The molecule has 0 amide bonds. The fourth-order valence-electron chi connectivity index (χ4n) is 2.73. The van der Waals surface area contributed by atoms with Crippen molar-refractivity contribution in [3.05, 3.63) is 4.91 Å². The normalized spacial score (nSPS) is 47.6. The standard InChI is InChI=1S/C12H21NO12/c14-1-4-6(16)8(18)9(19)11(23-4)25-12(3-22-13-21)10(20)7(17)5(2-15)24-12/h4-11,14-20H,1-3H2/t4-,5-,6-,7-,8+,9-,10+,11-,12+/m1/s1. The van der Waals surface area contributed by atoms with E-state index in [1.807, 2.05) is 0 Å². The van der Waals surface area contributed by atoms with Crippen molar-refractivity contribution in [3.8, 4) is 0 Å². The van der Waals surface area contributed by atoms with Gasteiger partial charge in [0.25, 0.3) is 0 Å². The van der Waals surface area contributed by atoms with Gasteiger partial charge in [-0.15, -0.1) is 4.91 Å². The van der Waals surface area contributed by atoms with E-state index in [1.54, 1.807) is 0 Å². The van der Waals surface area contributed by atoms with Crippen LogP contribution in [0.5, 0.6) is 0 Å². The molecular formula is C12H21NO12. The minimum Gasteiger partial charge on any atom is -0.394 e. The minimum absolute atomic E-state index is 0.716. The fourth-order valence-corrected chi connectivity index (χ4v) is 2.73. The van der Waals surface area contributed by atoms with Crippen LogP contribution in [0.2, 0.25) is 0 Å². The van der Waals surface area contributed by atoms with Gasteiger partial charge in [0.1, 0.15) is 42.7 Å². The molecule has 13 heteroatoms. The second-order valence-corrected chi connectivity index (χ2v) is 5.75. The number of nitrogens with zero attached hydrogens (tertiary/aromatic N) is 1. The summed E-state index contributed by atoms with van der Waals surface area (Å²) in [6, 6.07) is 0. The van der Waals surface area contributed by atoms with Gasteiger partial charge < -0.3 is 54.8 Å². The lowest BCUT2D eigenvalue weighted by molar-refractivity contribution is -0.385. The number of hydrogen-bond donors (Lipinski definition) is 7. The highest BCUT2D eigenvalue weighted by Crippen LogP contribution is 2.36. The van der Waals surface area contributed by atoms with Crippen molar-refractivity contribution in [2.45, 2.75) is 54.8 Å². The Kier molecular flexibility index (Phi) is 6.61. The molecule has 13 nitrogen and oxygen atoms in total. The van der Waals surface area contributed by atoms with Crippen LogP contribution in [0, 0.1) is 4.91 Å². The minimum atomic E-state index is -2.28. The SMILES string of the molecule is O=NOC[C@@]1(O[C@H]2O[C@H](CO)[C@@H](O)[C@H](O)[C@H]2O)O[C@H](CO)[C@@H](O)[C@@H]1O. The lowest BCUT2D eigenvalue weighted by Gasteiger charge is -2.43. The molecule has 2 rings (SSSR count). The number of ether oxygens (including phenoxy) is 3. The summed E-state index contributed by atoms with van der Waals surface area (Å²) in [4.78, 5) is 14.5. The molecular weight excluding hydrogens is 350 g/mol. The lowest BCUT2D eigenvalue weighted by Crippen LogP contribution is -2.62. The Labute approximate surface area is 140 Å². The first-order valence-corrected chi connectivity index (χ1v) is 7.39. The predicted molar refractivity (Wildman–Crippen MR) is 73.3 cm³/mol. The Hall–Kier alpha value is -1.00. The highest BCUT2D eigenvalue weighted by atomic mass is 16.8. The summed E-state index contributed by atoms with van der Waals surface area (Å²) in [7, 11) is 0. The van der Waals surface area contributed by atoms with E-state index in [4.69, 9.17) is 24.4 Å². The summed E-state index contributed by atoms with van der Waals surface area (Å²) in [5.74, 6) is -2.28. The summed E-state index contributed by atoms with van der Waals surface area (Å²) in [5, 5.41) is 69.9. The van der Waals surface area contributed by atoms with Gasteiger partial charge in [0, 0.05) is 0 Å². The number of aliphatic hydroxyl groups is 7. The van der Waals surface area contributed by atoms with Gasteiger partial charge in [-0.2, -0.15) is 0 Å². The molecule has 2 heterocycles. The summed E-state index contributed by atoms with van der Waals surface area (Å²) in [6.07, 6.45) is -13.1. The number of aliphatic hydroxyl groups excluding tert-OH is 7. The van der Waals surface area contributed by atoms with E-state index in [2.05, 4.69) is 10.2 Å². The van der Waals surface area contributed by atoms with E-state index in [1.165, 1.54) is 0 Å². The Balaban J connectivity index is 2.23. The van der Waals surface area contributed by atoms with Crippen LogP contribution >= 0.6 is 0 Å². The second-order valence-electron chi connectivity index (χ2n) is 5.75. The quantitative estimate of drug-likeness (QED) is 0.166. The molecule has 2 fully saturated rings. The number of hydrogen-bond acceptors (Lipinski definition) is 13. The molecule has 2 aliphatic heterocycles. The van der Waals surface area contributed by atoms with Crippen LogP contribution in [0.15, 0.2) is 5.34 Å². The van der Waals surface area contributed by atoms with Crippen LogP contribution in [0.25, 0.3) is 0 Å². The third-order valence-corrected chi connectivity index (χ3v) is 4.17. The van der Waals surface area contributed by atoms with Crippen LogP contribution in [0.3, 0.4) is 0 Å². The smallest absolute Gasteiger partial charge is 0.238 e. The molecule has 0 aromatic carbocycles. The zero-order valence-electron chi connectivity index (χ0n) is 12.9. The van der Waals surface area contributed by atoms with E-state index in [0.717, 1.165) is 0 Å².